The first-order valence-electron chi connectivity index (χ1n) is 6.24. The highest BCUT2D eigenvalue weighted by Gasteiger charge is 2.54. The number of piperidine rings is 1. The standard InChI is InChI=1S/C12H21N3O/c1-13-8-12(15(3)11(13)16)6-9-4-5-10(7-12)14(9)2/h9-10H,4-8H2,1-3H3. The number of urea groups is 1. The molecule has 90 valence electrons. The molecule has 2 unspecified atom stereocenters. The van der Waals surface area contributed by atoms with E-state index in [1.54, 1.807) is 0 Å². The molecule has 3 fully saturated rings. The van der Waals surface area contributed by atoms with Gasteiger partial charge in [-0.1, -0.05) is 0 Å². The third-order valence-corrected chi connectivity index (χ3v) is 5.07. The summed E-state index contributed by atoms with van der Waals surface area (Å²) in [4.78, 5) is 18.3. The lowest BCUT2D eigenvalue weighted by Gasteiger charge is -2.45. The maximum atomic E-state index is 11.9. The van der Waals surface area contributed by atoms with Crippen LogP contribution in [0.15, 0.2) is 0 Å². The summed E-state index contributed by atoms with van der Waals surface area (Å²) in [6.45, 7) is 0.920. The molecule has 0 aromatic rings. The van der Waals surface area contributed by atoms with Gasteiger partial charge in [0.25, 0.3) is 0 Å². The van der Waals surface area contributed by atoms with E-state index < -0.39 is 0 Å². The van der Waals surface area contributed by atoms with Crippen LogP contribution in [0.25, 0.3) is 0 Å². The van der Waals surface area contributed by atoms with Gasteiger partial charge in [0, 0.05) is 32.7 Å². The molecule has 2 atom stereocenters. The van der Waals surface area contributed by atoms with E-state index in [-0.39, 0.29) is 11.6 Å². The fraction of sp³-hybridized carbons (Fsp3) is 0.917. The minimum Gasteiger partial charge on any atom is -0.325 e. The van der Waals surface area contributed by atoms with Crippen LogP contribution in [0.1, 0.15) is 25.7 Å². The zero-order valence-corrected chi connectivity index (χ0v) is 10.4. The highest BCUT2D eigenvalue weighted by molar-refractivity contribution is 5.77. The third-order valence-electron chi connectivity index (χ3n) is 5.07. The molecule has 0 N–H and O–H groups in total. The van der Waals surface area contributed by atoms with Crippen molar-refractivity contribution in [2.75, 3.05) is 27.7 Å². The molecular formula is C12H21N3O. The second-order valence-corrected chi connectivity index (χ2v) is 5.88. The monoisotopic (exact) mass is 223 g/mol. The Labute approximate surface area is 97.2 Å². The number of nitrogens with zero attached hydrogens (tertiary/aromatic N) is 3. The van der Waals surface area contributed by atoms with Crippen molar-refractivity contribution in [1.82, 2.24) is 14.7 Å². The lowest BCUT2D eigenvalue weighted by atomic mass is 9.82. The first-order chi connectivity index (χ1) is 7.53. The summed E-state index contributed by atoms with van der Waals surface area (Å²) in [7, 11) is 6.15. The van der Waals surface area contributed by atoms with Crippen molar-refractivity contribution in [3.05, 3.63) is 0 Å². The summed E-state index contributed by atoms with van der Waals surface area (Å²) in [5, 5.41) is 0. The van der Waals surface area contributed by atoms with Gasteiger partial charge in [-0.05, 0) is 32.7 Å². The number of carbonyl (C=O) groups excluding carboxylic acids is 1. The summed E-state index contributed by atoms with van der Waals surface area (Å²) in [5.41, 5.74) is 0.129. The van der Waals surface area contributed by atoms with Gasteiger partial charge in [0.2, 0.25) is 0 Å². The van der Waals surface area contributed by atoms with Crippen molar-refractivity contribution >= 4 is 6.03 Å². The molecule has 2 amide bonds. The minimum absolute atomic E-state index is 0.129. The van der Waals surface area contributed by atoms with Gasteiger partial charge >= 0.3 is 6.03 Å². The number of amides is 2. The van der Waals surface area contributed by atoms with Crippen molar-refractivity contribution < 1.29 is 4.79 Å². The number of fused-ring (bicyclic) bond motifs is 2. The Morgan fingerprint density at radius 2 is 1.69 bits per heavy atom. The van der Waals surface area contributed by atoms with Crippen LogP contribution in [0.4, 0.5) is 4.79 Å². The second-order valence-electron chi connectivity index (χ2n) is 5.88. The van der Waals surface area contributed by atoms with E-state index in [9.17, 15) is 4.79 Å². The van der Waals surface area contributed by atoms with Gasteiger partial charge < -0.3 is 14.7 Å². The normalized spacial score (nSPS) is 43.8. The van der Waals surface area contributed by atoms with Crippen LogP contribution in [0.3, 0.4) is 0 Å². The second kappa shape index (κ2) is 3.13. The quantitative estimate of drug-likeness (QED) is 0.612. The van der Waals surface area contributed by atoms with Gasteiger partial charge in [0.05, 0.1) is 5.54 Å². The Morgan fingerprint density at radius 3 is 2.12 bits per heavy atom. The smallest absolute Gasteiger partial charge is 0.320 e. The zero-order chi connectivity index (χ0) is 11.5. The first-order valence-corrected chi connectivity index (χ1v) is 6.24. The van der Waals surface area contributed by atoms with Crippen molar-refractivity contribution in [3.63, 3.8) is 0 Å². The van der Waals surface area contributed by atoms with Crippen molar-refractivity contribution in [3.8, 4) is 0 Å². The van der Waals surface area contributed by atoms with Crippen LogP contribution in [0.2, 0.25) is 0 Å². The van der Waals surface area contributed by atoms with Gasteiger partial charge in [-0.15, -0.1) is 0 Å². The fourth-order valence-electron chi connectivity index (χ4n) is 4.02. The minimum atomic E-state index is 0.129. The van der Waals surface area contributed by atoms with Crippen LogP contribution in [-0.2, 0) is 0 Å². The number of hydrogen-bond acceptors (Lipinski definition) is 2. The lowest BCUT2D eigenvalue weighted by Crippen LogP contribution is -2.56. The van der Waals surface area contributed by atoms with E-state index >= 15 is 0 Å². The molecule has 3 aliphatic rings. The van der Waals surface area contributed by atoms with E-state index in [2.05, 4.69) is 11.9 Å². The summed E-state index contributed by atoms with van der Waals surface area (Å²) >= 11 is 0. The molecule has 0 aromatic heterocycles. The Bertz CT molecular complexity index is 316. The summed E-state index contributed by atoms with van der Waals surface area (Å²) in [5.74, 6) is 0. The summed E-state index contributed by atoms with van der Waals surface area (Å²) in [6.07, 6.45) is 4.95. The largest absolute Gasteiger partial charge is 0.325 e. The number of carbonyl (C=O) groups is 1. The summed E-state index contributed by atoms with van der Waals surface area (Å²) < 4.78 is 0. The maximum Gasteiger partial charge on any atom is 0.320 e. The molecule has 2 bridgehead atoms. The molecule has 3 aliphatic heterocycles. The zero-order valence-electron chi connectivity index (χ0n) is 10.4. The molecule has 0 radical (unpaired) electrons. The molecule has 3 rings (SSSR count). The van der Waals surface area contributed by atoms with Crippen LogP contribution in [0, 0.1) is 0 Å². The number of hydrogen-bond donors (Lipinski definition) is 0. The average molecular weight is 223 g/mol. The van der Waals surface area contributed by atoms with Crippen molar-refractivity contribution in [1.29, 1.82) is 0 Å². The Balaban J connectivity index is 1.89. The molecule has 0 aromatic carbocycles. The average Bonchev–Trinajstić information content (AvgIpc) is 2.61. The molecule has 3 heterocycles. The Hall–Kier alpha value is -0.770. The number of rotatable bonds is 0. The molecule has 0 saturated carbocycles. The van der Waals surface area contributed by atoms with Crippen LogP contribution >= 0.6 is 0 Å². The molecule has 4 nitrogen and oxygen atoms in total. The van der Waals surface area contributed by atoms with Gasteiger partial charge in [-0.2, -0.15) is 0 Å². The van der Waals surface area contributed by atoms with E-state index in [1.165, 1.54) is 12.8 Å². The van der Waals surface area contributed by atoms with E-state index in [4.69, 9.17) is 0 Å². The molecule has 1 spiro atoms. The van der Waals surface area contributed by atoms with E-state index in [0.717, 1.165) is 19.4 Å². The van der Waals surface area contributed by atoms with E-state index in [0.29, 0.717) is 12.1 Å². The van der Waals surface area contributed by atoms with Gasteiger partial charge in [0.15, 0.2) is 0 Å². The third kappa shape index (κ3) is 1.16. The highest BCUT2D eigenvalue weighted by Crippen LogP contribution is 2.44. The van der Waals surface area contributed by atoms with Gasteiger partial charge in [-0.25, -0.2) is 4.79 Å². The van der Waals surface area contributed by atoms with Gasteiger partial charge in [-0.3, -0.25) is 0 Å². The first kappa shape index (κ1) is 10.4. The molecule has 16 heavy (non-hydrogen) atoms. The van der Waals surface area contributed by atoms with Crippen molar-refractivity contribution in [2.24, 2.45) is 0 Å². The Morgan fingerprint density at radius 1 is 1.12 bits per heavy atom. The van der Waals surface area contributed by atoms with E-state index in [1.807, 2.05) is 23.9 Å². The molecule has 0 aliphatic carbocycles. The predicted octanol–water partition coefficient (Wildman–Crippen LogP) is 0.979. The van der Waals surface area contributed by atoms with Crippen LogP contribution in [-0.4, -0.2) is 66.0 Å². The lowest BCUT2D eigenvalue weighted by molar-refractivity contribution is 0.0541. The number of likely N-dealkylation sites (N-methyl/N-ethyl adjacent to an activating group) is 2. The van der Waals surface area contributed by atoms with Crippen molar-refractivity contribution in [2.45, 2.75) is 43.3 Å². The maximum absolute atomic E-state index is 11.9. The fourth-order valence-corrected chi connectivity index (χ4v) is 4.02. The summed E-state index contributed by atoms with van der Waals surface area (Å²) in [6, 6.07) is 1.59. The SMILES string of the molecule is CN1CC2(CC3CCC(C2)N3C)N(C)C1=O. The molecule has 3 saturated heterocycles. The predicted molar refractivity (Wildman–Crippen MR) is 62.3 cm³/mol. The van der Waals surface area contributed by atoms with Gasteiger partial charge in [0.1, 0.15) is 0 Å². The molecule has 4 heteroatoms. The Kier molecular flexibility index (Phi) is 2.03. The topological polar surface area (TPSA) is 26.8 Å². The van der Waals surface area contributed by atoms with Crippen LogP contribution in [0.5, 0.6) is 0 Å². The highest BCUT2D eigenvalue weighted by atomic mass is 16.2. The molecular weight excluding hydrogens is 202 g/mol. The van der Waals surface area contributed by atoms with Crippen LogP contribution < -0.4 is 0 Å².